The van der Waals surface area contributed by atoms with Gasteiger partial charge in [-0.15, -0.1) is 0 Å². The van der Waals surface area contributed by atoms with Gasteiger partial charge in [-0.05, 0) is 34.7 Å². The molecule has 1 amide bonds. The maximum Gasteiger partial charge on any atom is 0.262 e. The van der Waals surface area contributed by atoms with E-state index in [4.69, 9.17) is 4.74 Å². The molecule has 4 aromatic carbocycles. The van der Waals surface area contributed by atoms with Crippen molar-refractivity contribution in [2.24, 2.45) is 0 Å². The monoisotopic (exact) mass is 395 g/mol. The van der Waals surface area contributed by atoms with Crippen molar-refractivity contribution >= 4 is 22.4 Å². The number of hydrogen-bond donors (Lipinski definition) is 1. The average molecular weight is 396 g/mol. The van der Waals surface area contributed by atoms with Gasteiger partial charge in [0, 0.05) is 16.5 Å². The Kier molecular flexibility index (Phi) is 5.53. The molecule has 0 heterocycles. The molecule has 0 aromatic heterocycles. The van der Waals surface area contributed by atoms with E-state index in [0.717, 1.165) is 16.5 Å². The summed E-state index contributed by atoms with van der Waals surface area (Å²) in [6, 6.07) is 32.2. The van der Waals surface area contributed by atoms with Gasteiger partial charge >= 0.3 is 0 Å². The number of rotatable bonds is 6. The molecule has 4 rings (SSSR count). The van der Waals surface area contributed by atoms with E-state index in [2.05, 4.69) is 55.6 Å². The van der Waals surface area contributed by atoms with Gasteiger partial charge in [0.1, 0.15) is 5.75 Å². The van der Waals surface area contributed by atoms with Crippen LogP contribution in [0.3, 0.4) is 0 Å². The Bertz CT molecular complexity index is 1140. The highest BCUT2D eigenvalue weighted by Gasteiger charge is 2.22. The summed E-state index contributed by atoms with van der Waals surface area (Å²) in [5, 5.41) is 5.05. The van der Waals surface area contributed by atoms with Gasteiger partial charge in [-0.3, -0.25) is 4.79 Å². The number of anilines is 1. The summed E-state index contributed by atoms with van der Waals surface area (Å²) in [6.45, 7) is 4.37. The van der Waals surface area contributed by atoms with E-state index in [9.17, 15) is 4.79 Å². The molecule has 0 radical (unpaired) electrons. The summed E-state index contributed by atoms with van der Waals surface area (Å²) in [6.07, 6.45) is 0. The van der Waals surface area contributed by atoms with Crippen LogP contribution in [0.2, 0.25) is 0 Å². The fourth-order valence-electron chi connectivity index (χ4n) is 3.66. The van der Waals surface area contributed by atoms with Crippen molar-refractivity contribution < 1.29 is 9.53 Å². The van der Waals surface area contributed by atoms with Crippen LogP contribution < -0.4 is 10.1 Å². The number of carbonyl (C=O) groups is 1. The summed E-state index contributed by atoms with van der Waals surface area (Å²) in [7, 11) is 0. The molecule has 0 fully saturated rings. The first-order chi connectivity index (χ1) is 14.5. The summed E-state index contributed by atoms with van der Waals surface area (Å²) in [5.41, 5.74) is 3.14. The summed E-state index contributed by atoms with van der Waals surface area (Å²) >= 11 is 0. The summed E-state index contributed by atoms with van der Waals surface area (Å²) in [4.78, 5) is 12.4. The molecule has 0 aliphatic rings. The van der Waals surface area contributed by atoms with E-state index < -0.39 is 0 Å². The molecule has 150 valence electrons. The van der Waals surface area contributed by atoms with Gasteiger partial charge in [0.2, 0.25) is 0 Å². The molecule has 0 aliphatic heterocycles. The second kappa shape index (κ2) is 8.42. The number of hydrogen-bond acceptors (Lipinski definition) is 2. The van der Waals surface area contributed by atoms with Crippen molar-refractivity contribution in [1.82, 2.24) is 0 Å². The molecule has 30 heavy (non-hydrogen) atoms. The highest BCUT2D eigenvalue weighted by atomic mass is 16.5. The third kappa shape index (κ3) is 4.20. The van der Waals surface area contributed by atoms with Crippen molar-refractivity contribution in [3.05, 3.63) is 108 Å². The number of nitrogens with one attached hydrogen (secondary N) is 1. The first-order valence-electron chi connectivity index (χ1n) is 10.1. The number of fused-ring (bicyclic) bond motifs is 1. The highest BCUT2D eigenvalue weighted by Crippen LogP contribution is 2.32. The number of carbonyl (C=O) groups excluding carboxylic acids is 1. The van der Waals surface area contributed by atoms with E-state index in [1.165, 1.54) is 11.1 Å². The van der Waals surface area contributed by atoms with Gasteiger partial charge in [-0.1, -0.05) is 92.7 Å². The third-order valence-corrected chi connectivity index (χ3v) is 5.51. The Hall–Kier alpha value is -3.59. The lowest BCUT2D eigenvalue weighted by molar-refractivity contribution is -0.118. The Morgan fingerprint density at radius 2 is 1.40 bits per heavy atom. The zero-order valence-electron chi connectivity index (χ0n) is 17.3. The second-order valence-electron chi connectivity index (χ2n) is 7.88. The lowest BCUT2D eigenvalue weighted by Crippen LogP contribution is -2.20. The molecule has 3 heteroatoms. The van der Waals surface area contributed by atoms with E-state index in [1.54, 1.807) is 0 Å². The van der Waals surface area contributed by atoms with Gasteiger partial charge < -0.3 is 10.1 Å². The topological polar surface area (TPSA) is 38.3 Å². The lowest BCUT2D eigenvalue weighted by Gasteiger charge is -2.26. The van der Waals surface area contributed by atoms with Gasteiger partial charge in [-0.2, -0.15) is 0 Å². The molecule has 0 spiro atoms. The van der Waals surface area contributed by atoms with Crippen molar-refractivity contribution in [3.8, 4) is 5.75 Å². The Morgan fingerprint density at radius 1 is 0.767 bits per heavy atom. The van der Waals surface area contributed by atoms with Gasteiger partial charge in [0.25, 0.3) is 5.91 Å². The first kappa shape index (κ1) is 19.7. The standard InChI is InChI=1S/C27H25NO2/c1-27(2,21-11-4-3-5-12-21)22-15-17-23(18-16-22)30-19-26(29)28-25-14-8-10-20-9-6-7-13-24(20)25/h3-18H,19H2,1-2H3,(H,28,29). The largest absolute Gasteiger partial charge is 0.484 e. The van der Waals surface area contributed by atoms with E-state index >= 15 is 0 Å². The van der Waals surface area contributed by atoms with Crippen LogP contribution in [0.1, 0.15) is 25.0 Å². The molecule has 0 saturated heterocycles. The minimum Gasteiger partial charge on any atom is -0.484 e. The van der Waals surface area contributed by atoms with E-state index in [1.807, 2.05) is 60.7 Å². The molecule has 4 aromatic rings. The van der Waals surface area contributed by atoms with Crippen LogP contribution >= 0.6 is 0 Å². The molecular formula is C27H25NO2. The average Bonchev–Trinajstić information content (AvgIpc) is 2.79. The predicted octanol–water partition coefficient (Wildman–Crippen LogP) is 6.18. The number of benzene rings is 4. The maximum atomic E-state index is 12.4. The van der Waals surface area contributed by atoms with Crippen LogP contribution in [0.15, 0.2) is 97.1 Å². The van der Waals surface area contributed by atoms with Crippen LogP contribution in [-0.4, -0.2) is 12.5 Å². The molecule has 0 bridgehead atoms. The molecule has 1 N–H and O–H groups in total. The van der Waals surface area contributed by atoms with Crippen LogP contribution in [-0.2, 0) is 10.2 Å². The molecular weight excluding hydrogens is 370 g/mol. The molecule has 0 saturated carbocycles. The maximum absolute atomic E-state index is 12.4. The summed E-state index contributed by atoms with van der Waals surface area (Å²) < 4.78 is 5.71. The fourth-order valence-corrected chi connectivity index (χ4v) is 3.66. The number of amides is 1. The quantitative estimate of drug-likeness (QED) is 0.423. The Morgan fingerprint density at radius 3 is 2.17 bits per heavy atom. The molecule has 3 nitrogen and oxygen atoms in total. The SMILES string of the molecule is CC(C)(c1ccccc1)c1ccc(OCC(=O)Nc2cccc3ccccc23)cc1. The fraction of sp³-hybridized carbons (Fsp3) is 0.148. The minimum atomic E-state index is -0.181. The third-order valence-electron chi connectivity index (χ3n) is 5.51. The van der Waals surface area contributed by atoms with Crippen LogP contribution in [0, 0.1) is 0 Å². The molecule has 0 atom stereocenters. The highest BCUT2D eigenvalue weighted by molar-refractivity contribution is 6.02. The second-order valence-corrected chi connectivity index (χ2v) is 7.88. The zero-order chi connectivity index (χ0) is 21.0. The number of ether oxygens (including phenoxy) is 1. The van der Waals surface area contributed by atoms with Crippen LogP contribution in [0.5, 0.6) is 5.75 Å². The van der Waals surface area contributed by atoms with E-state index in [-0.39, 0.29) is 17.9 Å². The van der Waals surface area contributed by atoms with Gasteiger partial charge in [-0.25, -0.2) is 0 Å². The van der Waals surface area contributed by atoms with Crippen LogP contribution in [0.4, 0.5) is 5.69 Å². The van der Waals surface area contributed by atoms with E-state index in [0.29, 0.717) is 5.75 Å². The molecule has 0 aliphatic carbocycles. The van der Waals surface area contributed by atoms with Crippen LogP contribution in [0.25, 0.3) is 10.8 Å². The molecule has 0 unspecified atom stereocenters. The Balaban J connectivity index is 1.40. The normalized spacial score (nSPS) is 11.3. The van der Waals surface area contributed by atoms with Crippen molar-refractivity contribution in [2.45, 2.75) is 19.3 Å². The van der Waals surface area contributed by atoms with Crippen molar-refractivity contribution in [2.75, 3.05) is 11.9 Å². The lowest BCUT2D eigenvalue weighted by atomic mass is 9.78. The van der Waals surface area contributed by atoms with Crippen molar-refractivity contribution in [3.63, 3.8) is 0 Å². The Labute approximate surface area is 177 Å². The van der Waals surface area contributed by atoms with Gasteiger partial charge in [0.05, 0.1) is 0 Å². The first-order valence-corrected chi connectivity index (χ1v) is 10.1. The zero-order valence-corrected chi connectivity index (χ0v) is 17.3. The minimum absolute atomic E-state index is 0.0371. The van der Waals surface area contributed by atoms with Crippen molar-refractivity contribution in [1.29, 1.82) is 0 Å². The van der Waals surface area contributed by atoms with Gasteiger partial charge in [0.15, 0.2) is 6.61 Å². The smallest absolute Gasteiger partial charge is 0.262 e. The summed E-state index contributed by atoms with van der Waals surface area (Å²) in [5.74, 6) is 0.496. The predicted molar refractivity (Wildman–Crippen MR) is 123 cm³/mol.